The first-order valence-electron chi connectivity index (χ1n) is 10.9. The molecule has 0 aliphatic rings. The molecule has 0 aliphatic carbocycles. The van der Waals surface area contributed by atoms with Crippen LogP contribution < -0.4 is 10.5 Å². The predicted molar refractivity (Wildman–Crippen MR) is 140 cm³/mol. The lowest BCUT2D eigenvalue weighted by Gasteiger charge is -2.14. The number of aliphatic hydroxyl groups excluding tert-OH is 2. The van der Waals surface area contributed by atoms with Crippen molar-refractivity contribution in [2.75, 3.05) is 18.9 Å². The molecule has 2 aromatic carbocycles. The smallest absolute Gasteiger partial charge is 0.236 e. The van der Waals surface area contributed by atoms with Crippen LogP contribution in [0.5, 0.6) is 5.75 Å². The molecular weight excluding hydrogens is 514 g/mol. The second kappa shape index (κ2) is 11.8. The Kier molecular flexibility index (Phi) is 8.29. The first-order chi connectivity index (χ1) is 17.9. The Balaban J connectivity index is 1.65. The first kappa shape index (κ1) is 26.0. The number of nitrogens with two attached hydrogens (primary N) is 1. The molecule has 9 nitrogen and oxygen atoms in total. The summed E-state index contributed by atoms with van der Waals surface area (Å²) in [6.45, 7) is 7.14. The normalized spacial score (nSPS) is 11.5. The molecule has 0 amide bonds. The van der Waals surface area contributed by atoms with E-state index in [1.807, 2.05) is 12.1 Å². The van der Waals surface area contributed by atoms with Gasteiger partial charge in [-0.05, 0) is 42.0 Å². The lowest BCUT2D eigenvalue weighted by molar-refractivity contribution is 0.0536. The minimum Gasteiger partial charge on any atom is -0.491 e. The number of rotatable bonds is 9. The highest BCUT2D eigenvalue weighted by molar-refractivity contribution is 7.98. The van der Waals surface area contributed by atoms with Crippen LogP contribution in [-0.2, 0) is 5.75 Å². The minimum absolute atomic E-state index is 0.0102. The largest absolute Gasteiger partial charge is 0.491 e. The second-order valence-corrected chi connectivity index (χ2v) is 9.12. The molecule has 2 heterocycles. The second-order valence-electron chi connectivity index (χ2n) is 7.72. The van der Waals surface area contributed by atoms with Gasteiger partial charge in [-0.25, -0.2) is 14.8 Å². The van der Waals surface area contributed by atoms with E-state index in [2.05, 4.69) is 20.9 Å². The third kappa shape index (κ3) is 5.85. The zero-order chi connectivity index (χ0) is 26.4. The number of oxazole rings is 1. The van der Waals surface area contributed by atoms with Crippen molar-refractivity contribution < 1.29 is 19.4 Å². The number of nitrogen functional groups attached to an aromatic ring is 1. The van der Waals surface area contributed by atoms with Crippen molar-refractivity contribution in [2.45, 2.75) is 16.9 Å². The molecule has 37 heavy (non-hydrogen) atoms. The third-order valence-electron chi connectivity index (χ3n) is 5.28. The van der Waals surface area contributed by atoms with Crippen molar-refractivity contribution in [1.82, 2.24) is 9.97 Å². The maximum atomic E-state index is 10.0. The number of ether oxygens (including phenoxy) is 1. The Morgan fingerprint density at radius 2 is 1.89 bits per heavy atom. The fourth-order valence-corrected chi connectivity index (χ4v) is 4.54. The number of nitrogens with zero attached hydrogens (tertiary/aromatic N) is 4. The maximum Gasteiger partial charge on any atom is 0.236 e. The van der Waals surface area contributed by atoms with Crippen molar-refractivity contribution in [1.29, 1.82) is 5.26 Å². The molecule has 186 valence electrons. The van der Waals surface area contributed by atoms with Gasteiger partial charge < -0.3 is 25.1 Å². The highest BCUT2D eigenvalue weighted by Crippen LogP contribution is 2.42. The van der Waals surface area contributed by atoms with Crippen molar-refractivity contribution in [2.24, 2.45) is 0 Å². The van der Waals surface area contributed by atoms with Crippen molar-refractivity contribution in [3.63, 3.8) is 0 Å². The van der Waals surface area contributed by atoms with E-state index in [4.69, 9.17) is 38.2 Å². The zero-order valence-corrected chi connectivity index (χ0v) is 20.8. The van der Waals surface area contributed by atoms with Crippen LogP contribution in [0.4, 0.5) is 11.5 Å². The standard InChI is InChI=1S/C26H20ClN5O4S/c1-30-23-22(15-4-8-19(9-5-15)35-12-18(34)11-33)20(10-28)26(32-25(23)29)37-13-21-24(36-14-31-21)16-2-6-17(27)7-3-16/h2-9,14,18,33-34H,11-13H2,(H2,29,32)/t18-/m1/s1. The average Bonchev–Trinajstić information content (AvgIpc) is 3.39. The summed E-state index contributed by atoms with van der Waals surface area (Å²) in [5.41, 5.74) is 8.83. The number of aliphatic hydroxyl groups is 2. The predicted octanol–water partition coefficient (Wildman–Crippen LogP) is 5.09. The van der Waals surface area contributed by atoms with Crippen LogP contribution in [0.15, 0.2) is 64.4 Å². The number of hydrogen-bond donors (Lipinski definition) is 3. The molecule has 4 rings (SSSR count). The topological polar surface area (TPSA) is 143 Å². The molecular formula is C26H20ClN5O4S. The summed E-state index contributed by atoms with van der Waals surface area (Å²) in [7, 11) is 0. The lowest BCUT2D eigenvalue weighted by atomic mass is 10.00. The van der Waals surface area contributed by atoms with Gasteiger partial charge in [0.2, 0.25) is 5.69 Å². The molecule has 0 aliphatic heterocycles. The van der Waals surface area contributed by atoms with E-state index >= 15 is 0 Å². The van der Waals surface area contributed by atoms with Gasteiger partial charge in [-0.2, -0.15) is 5.26 Å². The van der Waals surface area contributed by atoms with E-state index in [1.54, 1.807) is 36.4 Å². The van der Waals surface area contributed by atoms with Crippen molar-refractivity contribution in [3.8, 4) is 34.3 Å². The Labute approximate surface area is 221 Å². The highest BCUT2D eigenvalue weighted by atomic mass is 35.5. The summed E-state index contributed by atoms with van der Waals surface area (Å²) in [6, 6.07) is 16.0. The number of pyridine rings is 1. The van der Waals surface area contributed by atoms with Crippen LogP contribution in [0.2, 0.25) is 5.02 Å². The summed E-state index contributed by atoms with van der Waals surface area (Å²) in [4.78, 5) is 12.2. The molecule has 0 saturated carbocycles. The van der Waals surface area contributed by atoms with E-state index in [0.29, 0.717) is 44.1 Å². The lowest BCUT2D eigenvalue weighted by Crippen LogP contribution is -2.21. The van der Waals surface area contributed by atoms with E-state index in [0.717, 1.165) is 5.56 Å². The van der Waals surface area contributed by atoms with E-state index in [1.165, 1.54) is 18.2 Å². The van der Waals surface area contributed by atoms with Crippen LogP contribution in [-0.4, -0.2) is 39.5 Å². The number of thioether (sulfide) groups is 1. The fourth-order valence-electron chi connectivity index (χ4n) is 3.48. The van der Waals surface area contributed by atoms with Gasteiger partial charge in [-0.3, -0.25) is 0 Å². The maximum absolute atomic E-state index is 10.0. The van der Waals surface area contributed by atoms with Crippen LogP contribution in [0.3, 0.4) is 0 Å². The molecule has 0 saturated heterocycles. The number of hydrogen-bond acceptors (Lipinski definition) is 9. The Hall–Kier alpha value is -4.06. The molecule has 0 spiro atoms. The molecule has 0 radical (unpaired) electrons. The van der Waals surface area contributed by atoms with Gasteiger partial charge in [0.1, 0.15) is 35.4 Å². The number of anilines is 1. The van der Waals surface area contributed by atoms with Gasteiger partial charge in [0.05, 0.1) is 24.4 Å². The SMILES string of the molecule is [C-]#[N+]c1c(N)nc(SCc2ncoc2-c2ccc(Cl)cc2)c(C#N)c1-c1ccc(OC[C@H](O)CO)cc1. The monoisotopic (exact) mass is 533 g/mol. The quantitative estimate of drug-likeness (QED) is 0.198. The van der Waals surface area contributed by atoms with Gasteiger partial charge >= 0.3 is 0 Å². The molecule has 0 fully saturated rings. The third-order valence-corrected chi connectivity index (χ3v) is 6.52. The Bertz CT molecular complexity index is 1480. The number of halogens is 1. The number of benzene rings is 2. The van der Waals surface area contributed by atoms with Gasteiger partial charge in [-0.15, -0.1) is 0 Å². The molecule has 4 N–H and O–H groups in total. The Morgan fingerprint density at radius 1 is 1.19 bits per heavy atom. The van der Waals surface area contributed by atoms with E-state index in [9.17, 15) is 10.4 Å². The summed E-state index contributed by atoms with van der Waals surface area (Å²) < 4.78 is 11.0. The van der Waals surface area contributed by atoms with Crippen LogP contribution in [0.1, 0.15) is 11.3 Å². The fraction of sp³-hybridized carbons (Fsp3) is 0.154. The molecule has 0 unspecified atom stereocenters. The Morgan fingerprint density at radius 3 is 2.54 bits per heavy atom. The molecule has 1 atom stereocenters. The summed E-state index contributed by atoms with van der Waals surface area (Å²) >= 11 is 7.25. The summed E-state index contributed by atoms with van der Waals surface area (Å²) in [5.74, 6) is 1.38. The van der Waals surface area contributed by atoms with Crippen LogP contribution >= 0.6 is 23.4 Å². The zero-order valence-electron chi connectivity index (χ0n) is 19.3. The highest BCUT2D eigenvalue weighted by Gasteiger charge is 2.22. The molecule has 0 bridgehead atoms. The average molecular weight is 534 g/mol. The van der Waals surface area contributed by atoms with Crippen LogP contribution in [0, 0.1) is 17.9 Å². The first-order valence-corrected chi connectivity index (χ1v) is 12.3. The molecule has 4 aromatic rings. The van der Waals surface area contributed by atoms with E-state index in [-0.39, 0.29) is 23.7 Å². The van der Waals surface area contributed by atoms with Gasteiger partial charge in [0.25, 0.3) is 0 Å². The molecule has 11 heteroatoms. The van der Waals surface area contributed by atoms with Crippen molar-refractivity contribution in [3.05, 3.63) is 82.6 Å². The summed E-state index contributed by atoms with van der Waals surface area (Å²) in [6.07, 6.45) is 0.354. The summed E-state index contributed by atoms with van der Waals surface area (Å²) in [5, 5.41) is 29.4. The van der Waals surface area contributed by atoms with Gasteiger partial charge in [0.15, 0.2) is 12.2 Å². The number of nitriles is 1. The minimum atomic E-state index is -0.997. The van der Waals surface area contributed by atoms with Gasteiger partial charge in [0, 0.05) is 21.9 Å². The van der Waals surface area contributed by atoms with E-state index < -0.39 is 12.7 Å². The van der Waals surface area contributed by atoms with Crippen LogP contribution in [0.25, 0.3) is 27.3 Å². The van der Waals surface area contributed by atoms with Crippen molar-refractivity contribution >= 4 is 34.9 Å². The van der Waals surface area contributed by atoms with Gasteiger partial charge in [-0.1, -0.05) is 35.5 Å². The number of aromatic nitrogens is 2. The molecule has 2 aromatic heterocycles.